The van der Waals surface area contributed by atoms with E-state index >= 15 is 0 Å². The number of anilines is 1. The first-order chi connectivity index (χ1) is 13.2. The van der Waals surface area contributed by atoms with Gasteiger partial charge in [0.15, 0.2) is 5.65 Å². The maximum Gasteiger partial charge on any atom is 0.186 e. The van der Waals surface area contributed by atoms with Gasteiger partial charge < -0.3 is 10.7 Å². The van der Waals surface area contributed by atoms with Gasteiger partial charge in [-0.3, -0.25) is 5.10 Å². The number of nitrogens with one attached hydrogen (secondary N) is 2. The Morgan fingerprint density at radius 1 is 1.04 bits per heavy atom. The van der Waals surface area contributed by atoms with E-state index in [2.05, 4.69) is 25.1 Å². The molecule has 0 amide bonds. The number of rotatable bonds is 3. The summed E-state index contributed by atoms with van der Waals surface area (Å²) in [5.41, 5.74) is 10.8. The van der Waals surface area contributed by atoms with Crippen LogP contribution in [0.3, 0.4) is 0 Å². The van der Waals surface area contributed by atoms with Crippen molar-refractivity contribution in [2.75, 3.05) is 5.73 Å². The lowest BCUT2D eigenvalue weighted by Gasteiger charge is -2.01. The van der Waals surface area contributed by atoms with Gasteiger partial charge in [-0.05, 0) is 29.8 Å². The zero-order valence-corrected chi connectivity index (χ0v) is 14.2. The molecule has 6 nitrogen and oxygen atoms in total. The molecule has 0 saturated heterocycles. The first-order valence-electron chi connectivity index (χ1n) is 8.49. The van der Waals surface area contributed by atoms with Crippen molar-refractivity contribution in [3.05, 3.63) is 71.9 Å². The van der Waals surface area contributed by atoms with Crippen LogP contribution in [0.15, 0.2) is 54.9 Å². The van der Waals surface area contributed by atoms with E-state index in [9.17, 15) is 4.39 Å². The van der Waals surface area contributed by atoms with E-state index in [0.29, 0.717) is 28.8 Å². The van der Waals surface area contributed by atoms with Crippen molar-refractivity contribution in [3.63, 3.8) is 0 Å². The number of fused-ring (bicyclic) bond motifs is 2. The van der Waals surface area contributed by atoms with E-state index in [1.165, 1.54) is 12.4 Å². The fraction of sp³-hybridized carbons (Fsp3) is 0.0500. The Labute approximate surface area is 153 Å². The summed E-state index contributed by atoms with van der Waals surface area (Å²) in [5.74, 6) is 0.189. The molecule has 5 rings (SSSR count). The molecule has 0 unspecified atom stereocenters. The lowest BCUT2D eigenvalue weighted by atomic mass is 10.1. The number of aromatic nitrogens is 5. The third kappa shape index (κ3) is 2.60. The molecule has 5 aromatic rings. The van der Waals surface area contributed by atoms with Crippen molar-refractivity contribution in [1.29, 1.82) is 0 Å². The highest BCUT2D eigenvalue weighted by Crippen LogP contribution is 2.31. The van der Waals surface area contributed by atoms with Crippen molar-refractivity contribution in [1.82, 2.24) is 25.1 Å². The smallest absolute Gasteiger partial charge is 0.186 e. The van der Waals surface area contributed by atoms with Gasteiger partial charge in [-0.2, -0.15) is 5.10 Å². The zero-order chi connectivity index (χ0) is 18.4. The van der Waals surface area contributed by atoms with Gasteiger partial charge in [0.05, 0.1) is 11.1 Å². The standard InChI is InChI=1S/C20H15FN6/c21-15-4-2-1-3-11(15)8-14-9-13-7-12(5-6-16(13)25-14)18-17-19(22)23-10-24-20(17)27-26-18/h1-7,9-10,25H,8H2,(H3,22,23,24,26,27). The molecular weight excluding hydrogens is 343 g/mol. The molecule has 2 aromatic carbocycles. The Morgan fingerprint density at radius 3 is 2.81 bits per heavy atom. The summed E-state index contributed by atoms with van der Waals surface area (Å²) in [6.45, 7) is 0. The second kappa shape index (κ2) is 5.91. The van der Waals surface area contributed by atoms with Crippen LogP contribution >= 0.6 is 0 Å². The zero-order valence-electron chi connectivity index (χ0n) is 14.2. The van der Waals surface area contributed by atoms with Gasteiger partial charge in [0, 0.05) is 28.6 Å². The quantitative estimate of drug-likeness (QED) is 0.457. The molecule has 0 atom stereocenters. The molecule has 4 N–H and O–H groups in total. The number of hydrogen-bond donors (Lipinski definition) is 3. The van der Waals surface area contributed by atoms with Gasteiger partial charge in [0.2, 0.25) is 0 Å². The second-order valence-electron chi connectivity index (χ2n) is 6.42. The minimum absolute atomic E-state index is 0.198. The maximum atomic E-state index is 13.9. The van der Waals surface area contributed by atoms with E-state index in [0.717, 1.165) is 27.9 Å². The lowest BCUT2D eigenvalue weighted by molar-refractivity contribution is 0.613. The van der Waals surface area contributed by atoms with Crippen LogP contribution < -0.4 is 5.73 Å². The monoisotopic (exact) mass is 358 g/mol. The molecule has 0 bridgehead atoms. The number of H-pyrrole nitrogens is 2. The van der Waals surface area contributed by atoms with Crippen LogP contribution in [0, 0.1) is 5.82 Å². The highest BCUT2D eigenvalue weighted by Gasteiger charge is 2.13. The van der Waals surface area contributed by atoms with Gasteiger partial charge in [-0.15, -0.1) is 0 Å². The lowest BCUT2D eigenvalue weighted by Crippen LogP contribution is -1.92. The number of nitrogen functional groups attached to an aromatic ring is 1. The summed E-state index contributed by atoms with van der Waals surface area (Å²) in [6, 6.07) is 14.8. The highest BCUT2D eigenvalue weighted by molar-refractivity contribution is 5.99. The van der Waals surface area contributed by atoms with Crippen LogP contribution in [0.5, 0.6) is 0 Å². The summed E-state index contributed by atoms with van der Waals surface area (Å²) in [6.07, 6.45) is 1.90. The average molecular weight is 358 g/mol. The van der Waals surface area contributed by atoms with Crippen molar-refractivity contribution in [3.8, 4) is 11.3 Å². The fourth-order valence-corrected chi connectivity index (χ4v) is 3.38. The Balaban J connectivity index is 1.57. The van der Waals surface area contributed by atoms with Gasteiger partial charge in [-0.1, -0.05) is 24.3 Å². The minimum Gasteiger partial charge on any atom is -0.383 e. The maximum absolute atomic E-state index is 13.9. The molecule has 132 valence electrons. The number of aromatic amines is 2. The topological polar surface area (TPSA) is 96.3 Å². The first kappa shape index (κ1) is 15.5. The Hall–Kier alpha value is -3.74. The van der Waals surface area contributed by atoms with Crippen molar-refractivity contribution >= 4 is 27.8 Å². The van der Waals surface area contributed by atoms with Crippen LogP contribution in [0.1, 0.15) is 11.3 Å². The molecule has 0 fully saturated rings. The van der Waals surface area contributed by atoms with E-state index in [1.807, 2.05) is 30.3 Å². The van der Waals surface area contributed by atoms with Gasteiger partial charge in [0.1, 0.15) is 18.0 Å². The molecule has 7 heteroatoms. The normalized spacial score (nSPS) is 11.4. The van der Waals surface area contributed by atoms with Crippen LogP contribution in [0.25, 0.3) is 33.2 Å². The predicted octanol–water partition coefficient (Wildman–Crippen LogP) is 3.81. The summed E-state index contributed by atoms with van der Waals surface area (Å²) in [7, 11) is 0. The Bertz CT molecular complexity index is 1290. The van der Waals surface area contributed by atoms with Crippen LogP contribution in [-0.2, 0) is 6.42 Å². The first-order valence-corrected chi connectivity index (χ1v) is 8.49. The molecule has 27 heavy (non-hydrogen) atoms. The summed E-state index contributed by atoms with van der Waals surface area (Å²) < 4.78 is 13.9. The van der Waals surface area contributed by atoms with E-state index < -0.39 is 0 Å². The van der Waals surface area contributed by atoms with Crippen molar-refractivity contribution in [2.24, 2.45) is 0 Å². The van der Waals surface area contributed by atoms with Gasteiger partial charge in [-0.25, -0.2) is 14.4 Å². The molecule has 0 aliphatic heterocycles. The van der Waals surface area contributed by atoms with Crippen LogP contribution in [-0.4, -0.2) is 25.1 Å². The van der Waals surface area contributed by atoms with Gasteiger partial charge in [0.25, 0.3) is 0 Å². The van der Waals surface area contributed by atoms with Crippen molar-refractivity contribution in [2.45, 2.75) is 6.42 Å². The second-order valence-corrected chi connectivity index (χ2v) is 6.42. The number of halogens is 1. The molecule has 0 saturated carbocycles. The molecule has 0 aliphatic rings. The molecule has 3 heterocycles. The minimum atomic E-state index is -0.198. The Morgan fingerprint density at radius 2 is 1.93 bits per heavy atom. The SMILES string of the molecule is Nc1ncnc2n[nH]c(-c3ccc4[nH]c(Cc5ccccc5F)cc4c3)c12. The third-order valence-corrected chi connectivity index (χ3v) is 4.68. The van der Waals surface area contributed by atoms with E-state index in [-0.39, 0.29) is 5.82 Å². The van der Waals surface area contributed by atoms with Gasteiger partial charge >= 0.3 is 0 Å². The summed E-state index contributed by atoms with van der Waals surface area (Å²) in [5, 5.41) is 8.93. The van der Waals surface area contributed by atoms with E-state index in [1.54, 1.807) is 12.1 Å². The molecule has 3 aromatic heterocycles. The number of nitrogens with two attached hydrogens (primary N) is 1. The average Bonchev–Trinajstić information content (AvgIpc) is 3.27. The number of hydrogen-bond acceptors (Lipinski definition) is 4. The molecule has 0 radical (unpaired) electrons. The molecule has 0 spiro atoms. The molecule has 0 aliphatic carbocycles. The summed E-state index contributed by atoms with van der Waals surface area (Å²) >= 11 is 0. The fourth-order valence-electron chi connectivity index (χ4n) is 3.38. The van der Waals surface area contributed by atoms with Crippen LogP contribution in [0.4, 0.5) is 10.2 Å². The largest absolute Gasteiger partial charge is 0.383 e. The number of benzene rings is 2. The Kier molecular flexibility index (Phi) is 3.39. The van der Waals surface area contributed by atoms with E-state index in [4.69, 9.17) is 5.73 Å². The van der Waals surface area contributed by atoms with Crippen molar-refractivity contribution < 1.29 is 4.39 Å². The summed E-state index contributed by atoms with van der Waals surface area (Å²) in [4.78, 5) is 11.5. The highest BCUT2D eigenvalue weighted by atomic mass is 19.1. The molecular formula is C20H15FN6. The third-order valence-electron chi connectivity index (χ3n) is 4.68. The predicted molar refractivity (Wildman–Crippen MR) is 103 cm³/mol. The number of nitrogens with zero attached hydrogens (tertiary/aromatic N) is 3. The van der Waals surface area contributed by atoms with Crippen LogP contribution in [0.2, 0.25) is 0 Å².